The van der Waals surface area contributed by atoms with E-state index in [0.29, 0.717) is 16.4 Å². The average Bonchev–Trinajstić information content (AvgIpc) is 2.77. The first-order valence-electron chi connectivity index (χ1n) is 6.39. The molecule has 0 aromatic rings. The van der Waals surface area contributed by atoms with E-state index < -0.39 is 0 Å². The fraction of sp³-hybridized carbons (Fsp3) is 0.333. The average molecular weight is 292 g/mol. The summed E-state index contributed by atoms with van der Waals surface area (Å²) in [5.74, 6) is 0.683. The van der Waals surface area contributed by atoms with E-state index in [-0.39, 0.29) is 11.7 Å². The van der Waals surface area contributed by atoms with Crippen LogP contribution in [0.3, 0.4) is 0 Å². The van der Waals surface area contributed by atoms with Crippen molar-refractivity contribution in [2.75, 3.05) is 5.75 Å². The first kappa shape index (κ1) is 14.8. The molecule has 0 radical (unpaired) electrons. The number of thioether (sulfide) groups is 1. The van der Waals surface area contributed by atoms with Crippen molar-refractivity contribution >= 4 is 24.4 Å². The molecule has 1 heterocycles. The van der Waals surface area contributed by atoms with Crippen molar-refractivity contribution in [2.45, 2.75) is 20.3 Å². The van der Waals surface area contributed by atoms with Crippen LogP contribution in [-0.2, 0) is 4.79 Å². The minimum Gasteiger partial charge on any atom is -0.350 e. The molecule has 20 heavy (non-hydrogen) atoms. The summed E-state index contributed by atoms with van der Waals surface area (Å²) in [6.07, 6.45) is 4.54. The van der Waals surface area contributed by atoms with Crippen molar-refractivity contribution in [3.8, 4) is 0 Å². The van der Waals surface area contributed by atoms with Crippen LogP contribution in [0.25, 0.3) is 0 Å². The molecule has 0 amide bonds. The van der Waals surface area contributed by atoms with E-state index in [2.05, 4.69) is 16.9 Å². The molecule has 1 aliphatic carbocycles. The molecule has 0 spiro atoms. The van der Waals surface area contributed by atoms with Crippen molar-refractivity contribution in [1.82, 2.24) is 5.32 Å². The van der Waals surface area contributed by atoms with Crippen molar-refractivity contribution in [2.24, 2.45) is 10.9 Å². The Labute approximate surface area is 122 Å². The molecule has 0 bridgehead atoms. The molecule has 0 aromatic heterocycles. The highest BCUT2D eigenvalue weighted by Crippen LogP contribution is 2.33. The van der Waals surface area contributed by atoms with Crippen LogP contribution < -0.4 is 5.32 Å². The molecular weight excluding hydrogens is 275 g/mol. The number of nitrogens with zero attached hydrogens (tertiary/aromatic N) is 1. The van der Waals surface area contributed by atoms with Gasteiger partial charge in [0.2, 0.25) is 0 Å². The predicted molar refractivity (Wildman–Crippen MR) is 82.0 cm³/mol. The van der Waals surface area contributed by atoms with E-state index in [4.69, 9.17) is 0 Å². The van der Waals surface area contributed by atoms with Gasteiger partial charge in [-0.15, -0.1) is 11.8 Å². The zero-order chi connectivity index (χ0) is 14.7. The zero-order valence-corrected chi connectivity index (χ0v) is 12.4. The molecule has 106 valence electrons. The second-order valence-corrected chi connectivity index (χ2v) is 5.95. The number of hydrogen-bond donors (Lipinski definition) is 1. The molecule has 1 aliphatic heterocycles. The number of hydrogen-bond acceptors (Lipinski definition) is 3. The van der Waals surface area contributed by atoms with Crippen LogP contribution in [0.5, 0.6) is 0 Å². The van der Waals surface area contributed by atoms with Gasteiger partial charge in [-0.1, -0.05) is 13.5 Å². The van der Waals surface area contributed by atoms with E-state index in [0.717, 1.165) is 29.6 Å². The molecule has 1 N–H and O–H groups in total. The molecule has 0 saturated carbocycles. The SMILES string of the molecule is C=C1CSC(C=O)=C1N=CNC1=CC(F)=C(C)C(C)C1. The van der Waals surface area contributed by atoms with E-state index in [1.807, 2.05) is 13.8 Å². The maximum Gasteiger partial charge on any atom is 0.158 e. The molecule has 0 aromatic carbocycles. The summed E-state index contributed by atoms with van der Waals surface area (Å²) in [6, 6.07) is 0. The maximum atomic E-state index is 13.6. The Morgan fingerprint density at radius 2 is 2.35 bits per heavy atom. The lowest BCUT2D eigenvalue weighted by atomic mass is 9.92. The first-order valence-corrected chi connectivity index (χ1v) is 7.37. The van der Waals surface area contributed by atoms with Crippen molar-refractivity contribution in [3.63, 3.8) is 0 Å². The molecule has 5 heteroatoms. The van der Waals surface area contributed by atoms with Gasteiger partial charge in [0.15, 0.2) is 6.29 Å². The quantitative estimate of drug-likeness (QED) is 0.490. The fourth-order valence-corrected chi connectivity index (χ4v) is 2.91. The van der Waals surface area contributed by atoms with Crippen LogP contribution in [0.2, 0.25) is 0 Å². The molecular formula is C15H17FN2OS. The van der Waals surface area contributed by atoms with E-state index in [9.17, 15) is 9.18 Å². The molecule has 3 nitrogen and oxygen atoms in total. The smallest absolute Gasteiger partial charge is 0.158 e. The van der Waals surface area contributed by atoms with Gasteiger partial charge >= 0.3 is 0 Å². The summed E-state index contributed by atoms with van der Waals surface area (Å²) < 4.78 is 13.6. The van der Waals surface area contributed by atoms with Gasteiger partial charge in [-0.3, -0.25) is 4.79 Å². The number of carbonyl (C=O) groups is 1. The number of aliphatic imine (C=N–C) groups is 1. The lowest BCUT2D eigenvalue weighted by Gasteiger charge is -2.19. The summed E-state index contributed by atoms with van der Waals surface area (Å²) in [5.41, 5.74) is 3.02. The van der Waals surface area contributed by atoms with Gasteiger partial charge in [0.1, 0.15) is 5.83 Å². The Morgan fingerprint density at radius 3 is 3.00 bits per heavy atom. The topological polar surface area (TPSA) is 41.5 Å². The zero-order valence-electron chi connectivity index (χ0n) is 11.6. The maximum absolute atomic E-state index is 13.6. The number of allylic oxidation sites excluding steroid dienone is 6. The summed E-state index contributed by atoms with van der Waals surface area (Å²) in [6.45, 7) is 7.67. The number of aldehydes is 1. The Balaban J connectivity index is 2.06. The lowest BCUT2D eigenvalue weighted by Crippen LogP contribution is -2.17. The van der Waals surface area contributed by atoms with Crippen LogP contribution in [0, 0.1) is 5.92 Å². The Hall–Kier alpha value is -1.62. The third-order valence-electron chi connectivity index (χ3n) is 3.46. The summed E-state index contributed by atoms with van der Waals surface area (Å²) in [4.78, 5) is 15.7. The third kappa shape index (κ3) is 3.10. The summed E-state index contributed by atoms with van der Waals surface area (Å²) in [7, 11) is 0. The predicted octanol–water partition coefficient (Wildman–Crippen LogP) is 3.49. The summed E-state index contributed by atoms with van der Waals surface area (Å²) in [5, 5.41) is 2.99. The number of carbonyl (C=O) groups excluding carboxylic acids is 1. The van der Waals surface area contributed by atoms with Crippen molar-refractivity contribution < 1.29 is 9.18 Å². The number of halogens is 1. The molecule has 1 unspecified atom stereocenters. The highest BCUT2D eigenvalue weighted by atomic mass is 32.2. The van der Waals surface area contributed by atoms with Crippen molar-refractivity contribution in [3.05, 3.63) is 45.9 Å². The largest absolute Gasteiger partial charge is 0.350 e. The second kappa shape index (κ2) is 6.22. The van der Waals surface area contributed by atoms with Crippen molar-refractivity contribution in [1.29, 1.82) is 0 Å². The molecule has 2 rings (SSSR count). The Bertz CT molecular complexity index is 572. The van der Waals surface area contributed by atoms with Gasteiger partial charge in [0.05, 0.1) is 16.9 Å². The van der Waals surface area contributed by atoms with Gasteiger partial charge in [-0.25, -0.2) is 9.38 Å². The minimum atomic E-state index is -0.187. The summed E-state index contributed by atoms with van der Waals surface area (Å²) >= 11 is 1.43. The lowest BCUT2D eigenvalue weighted by molar-refractivity contribution is -0.104. The van der Waals surface area contributed by atoms with Gasteiger partial charge in [-0.2, -0.15) is 0 Å². The van der Waals surface area contributed by atoms with Gasteiger partial charge in [-0.05, 0) is 36.5 Å². The van der Waals surface area contributed by atoms with Gasteiger partial charge < -0.3 is 5.32 Å². The van der Waals surface area contributed by atoms with Crippen LogP contribution >= 0.6 is 11.8 Å². The third-order valence-corrected chi connectivity index (χ3v) is 4.56. The molecule has 0 saturated heterocycles. The number of nitrogens with one attached hydrogen (secondary N) is 1. The normalized spacial score (nSPS) is 23.6. The van der Waals surface area contributed by atoms with Gasteiger partial charge in [0.25, 0.3) is 0 Å². The van der Waals surface area contributed by atoms with Crippen LogP contribution in [0.15, 0.2) is 50.9 Å². The minimum absolute atomic E-state index is 0.178. The Kier molecular flexibility index (Phi) is 4.60. The van der Waals surface area contributed by atoms with Gasteiger partial charge in [0, 0.05) is 11.4 Å². The van der Waals surface area contributed by atoms with Crippen LogP contribution in [0.1, 0.15) is 20.3 Å². The second-order valence-electron chi connectivity index (χ2n) is 4.93. The Morgan fingerprint density at radius 1 is 1.60 bits per heavy atom. The van der Waals surface area contributed by atoms with Crippen LogP contribution in [0.4, 0.5) is 4.39 Å². The van der Waals surface area contributed by atoms with E-state index in [1.54, 1.807) is 0 Å². The highest BCUT2D eigenvalue weighted by Gasteiger charge is 2.18. The monoisotopic (exact) mass is 292 g/mol. The molecule has 0 fully saturated rings. The first-order chi connectivity index (χ1) is 9.52. The highest BCUT2D eigenvalue weighted by molar-refractivity contribution is 8.04. The van der Waals surface area contributed by atoms with Crippen LogP contribution in [-0.4, -0.2) is 18.4 Å². The van der Waals surface area contributed by atoms with E-state index in [1.165, 1.54) is 24.2 Å². The fourth-order valence-electron chi connectivity index (χ4n) is 2.04. The number of rotatable bonds is 4. The van der Waals surface area contributed by atoms with E-state index >= 15 is 0 Å². The molecule has 2 aliphatic rings. The molecule has 1 atom stereocenters. The standard InChI is InChI=1S/C15H17FN2OS/c1-9-4-12(5-13(16)11(9)3)17-8-18-15-10(2)7-20-14(15)6-19/h5-6,8-9H,2,4,7H2,1,3H3,(H,17,18).